The molecule has 0 unspecified atom stereocenters. The van der Waals surface area contributed by atoms with E-state index in [0.717, 1.165) is 11.4 Å². The van der Waals surface area contributed by atoms with Crippen LogP contribution in [0.2, 0.25) is 0 Å². The van der Waals surface area contributed by atoms with Crippen LogP contribution < -0.4 is 16.2 Å². The molecule has 285 valence electrons. The van der Waals surface area contributed by atoms with Crippen LogP contribution in [0.1, 0.15) is 110 Å². The van der Waals surface area contributed by atoms with Gasteiger partial charge in [-0.2, -0.15) is 0 Å². The lowest BCUT2D eigenvalue weighted by Crippen LogP contribution is -2.38. The second kappa shape index (κ2) is 12.1. The van der Waals surface area contributed by atoms with Crippen LogP contribution in [0.15, 0.2) is 97.1 Å². The number of rotatable bonds is 3. The molecule has 3 heterocycles. The van der Waals surface area contributed by atoms with E-state index < -0.39 is 0 Å². The zero-order valence-corrected chi connectivity index (χ0v) is 36.4. The van der Waals surface area contributed by atoms with Crippen molar-refractivity contribution in [2.75, 3.05) is 5.32 Å². The van der Waals surface area contributed by atoms with Crippen molar-refractivity contribution in [3.8, 4) is 16.8 Å². The van der Waals surface area contributed by atoms with Crippen molar-refractivity contribution in [2.24, 2.45) is 0 Å². The van der Waals surface area contributed by atoms with Crippen molar-refractivity contribution in [3.63, 3.8) is 0 Å². The maximum absolute atomic E-state index is 3.95. The molecule has 8 aromatic rings. The lowest BCUT2D eigenvalue weighted by atomic mass is 9.58. The van der Waals surface area contributed by atoms with Gasteiger partial charge in [-0.3, -0.25) is 0 Å². The Morgan fingerprint density at radius 2 is 1.32 bits per heavy atom. The molecule has 0 saturated heterocycles. The topological polar surface area (TPSA) is 17.0 Å². The summed E-state index contributed by atoms with van der Waals surface area (Å²) in [6.07, 6.45) is 2.40. The first kappa shape index (κ1) is 36.5. The molecule has 4 heteroatoms. The van der Waals surface area contributed by atoms with Crippen LogP contribution in [0.5, 0.6) is 0 Å². The van der Waals surface area contributed by atoms with Crippen molar-refractivity contribution in [3.05, 3.63) is 125 Å². The third kappa shape index (κ3) is 5.64. The third-order valence-electron chi connectivity index (χ3n) is 13.5. The quantitative estimate of drug-likeness (QED) is 0.177. The molecule has 1 N–H and O–H groups in total. The van der Waals surface area contributed by atoms with Gasteiger partial charge in [0.15, 0.2) is 7.28 Å². The second-order valence-electron chi connectivity index (χ2n) is 20.5. The molecule has 2 aliphatic rings. The number of fused-ring (bicyclic) bond motifs is 9. The summed E-state index contributed by atoms with van der Waals surface area (Å²) >= 11 is 1.88. The van der Waals surface area contributed by atoms with Crippen molar-refractivity contribution in [2.45, 2.75) is 111 Å². The zero-order chi connectivity index (χ0) is 40.0. The standard InChI is InChI=1S/C53H54BN2S/c1-30-24-37(35-26-36-34-14-12-13-15-45(34)57-46(36)29-42(35)55-33-19-16-31(17-20-33)50(2,3)4)48-49-47(30)38-27-39-40(53(10,11)23-22-52(39,8)9)28-44(38)56(49)43-21-18-32(51(5,6)7)25-41(43)54-48/h12-21,24-29,55H,22-23H2,1-11H3. The van der Waals surface area contributed by atoms with E-state index in [4.69, 9.17) is 0 Å². The Kier molecular flexibility index (Phi) is 7.77. The summed E-state index contributed by atoms with van der Waals surface area (Å²) < 4.78 is 5.25. The number of benzene rings is 6. The number of nitrogens with one attached hydrogen (secondary N) is 1. The van der Waals surface area contributed by atoms with E-state index in [0.29, 0.717) is 0 Å². The van der Waals surface area contributed by atoms with Crippen LogP contribution >= 0.6 is 11.3 Å². The Morgan fingerprint density at radius 1 is 0.649 bits per heavy atom. The maximum Gasteiger partial charge on any atom is 0.197 e. The van der Waals surface area contributed by atoms with Gasteiger partial charge in [-0.15, -0.1) is 11.3 Å². The van der Waals surface area contributed by atoms with Gasteiger partial charge in [0.2, 0.25) is 0 Å². The summed E-state index contributed by atoms with van der Waals surface area (Å²) in [6.45, 7) is 26.0. The van der Waals surface area contributed by atoms with Crippen molar-refractivity contribution >= 4 is 82.9 Å². The Balaban J connectivity index is 1.30. The molecule has 1 radical (unpaired) electrons. The Bertz CT molecular complexity index is 2970. The highest BCUT2D eigenvalue weighted by molar-refractivity contribution is 7.25. The zero-order valence-electron chi connectivity index (χ0n) is 35.6. The average molecular weight is 762 g/mol. The first-order valence-corrected chi connectivity index (χ1v) is 21.7. The van der Waals surface area contributed by atoms with E-state index in [1.54, 1.807) is 0 Å². The lowest BCUT2D eigenvalue weighted by molar-refractivity contribution is 0.332. The number of anilines is 2. The van der Waals surface area contributed by atoms with Crippen LogP contribution in [0.4, 0.5) is 11.4 Å². The summed E-state index contributed by atoms with van der Waals surface area (Å²) in [5.41, 5.74) is 18.6. The number of hydrogen-bond donors (Lipinski definition) is 1. The summed E-state index contributed by atoms with van der Waals surface area (Å²) in [6, 6.07) is 37.7. The minimum atomic E-state index is 0.0344. The highest BCUT2D eigenvalue weighted by Crippen LogP contribution is 2.50. The molecule has 0 bridgehead atoms. The van der Waals surface area contributed by atoms with Crippen LogP contribution in [-0.2, 0) is 21.7 Å². The lowest BCUT2D eigenvalue weighted by Gasteiger charge is -2.42. The van der Waals surface area contributed by atoms with Crippen LogP contribution in [0.25, 0.3) is 58.8 Å². The molecule has 0 amide bonds. The van der Waals surface area contributed by atoms with E-state index >= 15 is 0 Å². The van der Waals surface area contributed by atoms with Gasteiger partial charge in [0.25, 0.3) is 0 Å². The number of thiophene rings is 1. The molecule has 1 aliphatic carbocycles. The van der Waals surface area contributed by atoms with Crippen LogP contribution in [-0.4, -0.2) is 11.8 Å². The van der Waals surface area contributed by atoms with Gasteiger partial charge in [0, 0.05) is 59.1 Å². The largest absolute Gasteiger partial charge is 0.355 e. The first-order chi connectivity index (χ1) is 26.9. The monoisotopic (exact) mass is 761 g/mol. The first-order valence-electron chi connectivity index (χ1n) is 20.9. The van der Waals surface area contributed by atoms with Crippen molar-refractivity contribution in [1.29, 1.82) is 0 Å². The molecule has 2 nitrogen and oxygen atoms in total. The Morgan fingerprint density at radius 3 is 2.02 bits per heavy atom. The molecule has 57 heavy (non-hydrogen) atoms. The molecule has 0 saturated carbocycles. The fourth-order valence-electron chi connectivity index (χ4n) is 9.92. The smallest absolute Gasteiger partial charge is 0.197 e. The van der Waals surface area contributed by atoms with Gasteiger partial charge in [0.1, 0.15) is 0 Å². The van der Waals surface area contributed by atoms with E-state index in [2.05, 4.69) is 190 Å². The van der Waals surface area contributed by atoms with Gasteiger partial charge in [0.05, 0.1) is 5.52 Å². The van der Waals surface area contributed by atoms with Crippen molar-refractivity contribution < 1.29 is 0 Å². The number of aryl methyl sites for hydroxylation is 1. The van der Waals surface area contributed by atoms with Crippen LogP contribution in [0, 0.1) is 6.92 Å². The molecule has 6 aromatic carbocycles. The molecule has 1 aliphatic heterocycles. The Labute approximate surface area is 343 Å². The second-order valence-corrected chi connectivity index (χ2v) is 21.6. The van der Waals surface area contributed by atoms with Gasteiger partial charge in [-0.05, 0) is 129 Å². The predicted molar refractivity (Wildman–Crippen MR) is 251 cm³/mol. The SMILES string of the molecule is Cc1cc(-c2cc3c(cc2Nc2ccc(C(C)(C)C)cc2)sc2ccccc23)c2c3c1c1cc4c(cc1n3-c1ccc(C(C)(C)C)cc1[B]2)C(C)(C)CCC4(C)C. The number of aromatic nitrogens is 1. The highest BCUT2D eigenvalue weighted by atomic mass is 32.1. The average Bonchev–Trinajstić information content (AvgIpc) is 3.69. The third-order valence-corrected chi connectivity index (χ3v) is 14.6. The van der Waals surface area contributed by atoms with E-state index in [1.165, 1.54) is 110 Å². The van der Waals surface area contributed by atoms with E-state index in [9.17, 15) is 0 Å². The Hall–Kier alpha value is -4.80. The summed E-state index contributed by atoms with van der Waals surface area (Å²) in [5.74, 6) is 0. The van der Waals surface area contributed by atoms with E-state index in [1.807, 2.05) is 11.3 Å². The van der Waals surface area contributed by atoms with Gasteiger partial charge < -0.3 is 9.88 Å². The highest BCUT2D eigenvalue weighted by Gasteiger charge is 2.39. The van der Waals surface area contributed by atoms with Gasteiger partial charge >= 0.3 is 0 Å². The van der Waals surface area contributed by atoms with Gasteiger partial charge in [-0.1, -0.05) is 123 Å². The molecule has 2 aromatic heterocycles. The fraction of sp³-hybridized carbons (Fsp3) is 0.321. The maximum atomic E-state index is 3.95. The minimum absolute atomic E-state index is 0.0344. The van der Waals surface area contributed by atoms with Crippen LogP contribution in [0.3, 0.4) is 0 Å². The molecule has 0 spiro atoms. The van der Waals surface area contributed by atoms with Crippen molar-refractivity contribution in [1.82, 2.24) is 4.57 Å². The normalized spacial score (nSPS) is 15.9. The van der Waals surface area contributed by atoms with Gasteiger partial charge in [-0.25, -0.2) is 0 Å². The summed E-state index contributed by atoms with van der Waals surface area (Å²) in [5, 5.41) is 9.34. The molecular formula is C53H54BN2S. The number of hydrogen-bond acceptors (Lipinski definition) is 2. The fourth-order valence-corrected chi connectivity index (χ4v) is 11.0. The molecule has 10 rings (SSSR count). The number of nitrogens with zero attached hydrogens (tertiary/aromatic N) is 1. The molecular weight excluding hydrogens is 707 g/mol. The molecule has 0 atom stereocenters. The van der Waals surface area contributed by atoms with E-state index in [-0.39, 0.29) is 21.7 Å². The molecule has 0 fully saturated rings. The predicted octanol–water partition coefficient (Wildman–Crippen LogP) is 13.8. The summed E-state index contributed by atoms with van der Waals surface area (Å²) in [4.78, 5) is 0. The minimum Gasteiger partial charge on any atom is -0.355 e. The summed E-state index contributed by atoms with van der Waals surface area (Å²) in [7, 11) is 2.51.